The highest BCUT2D eigenvalue weighted by molar-refractivity contribution is 7.92. The van der Waals surface area contributed by atoms with Crippen molar-refractivity contribution < 1.29 is 27.9 Å². The lowest BCUT2D eigenvalue weighted by atomic mass is 10.1. The summed E-state index contributed by atoms with van der Waals surface area (Å²) in [5.74, 6) is -1.55. The first-order chi connectivity index (χ1) is 14.7. The summed E-state index contributed by atoms with van der Waals surface area (Å²) in [7, 11) is -4.02. The predicted molar refractivity (Wildman–Crippen MR) is 115 cm³/mol. The number of carboxylic acids is 1. The summed E-state index contributed by atoms with van der Waals surface area (Å²) in [6, 6.07) is 10.8. The van der Waals surface area contributed by atoms with Crippen molar-refractivity contribution in [1.82, 2.24) is 4.98 Å². The van der Waals surface area contributed by atoms with Crippen molar-refractivity contribution in [2.24, 2.45) is 0 Å². The number of carbonyl (C=O) groups is 2. The molecule has 0 aliphatic carbocycles. The molecule has 0 saturated heterocycles. The number of carbonyl (C=O) groups excluding carboxylic acids is 1. The van der Waals surface area contributed by atoms with Crippen molar-refractivity contribution in [3.05, 3.63) is 52.9 Å². The quantitative estimate of drug-likeness (QED) is 0.580. The van der Waals surface area contributed by atoms with Crippen LogP contribution in [0.1, 0.15) is 5.01 Å². The number of anilines is 2. The van der Waals surface area contributed by atoms with Crippen molar-refractivity contribution in [2.45, 2.75) is 11.8 Å². The Hall–Kier alpha value is -3.44. The number of rotatable bonds is 6. The molecule has 2 aromatic carbocycles. The molecule has 1 aromatic heterocycles. The molecule has 0 bridgehead atoms. The highest BCUT2D eigenvalue weighted by atomic mass is 32.2. The Kier molecular flexibility index (Phi) is 5.38. The Balaban J connectivity index is 1.65. The van der Waals surface area contributed by atoms with Gasteiger partial charge < -0.3 is 9.84 Å². The maximum atomic E-state index is 13.0. The largest absolute Gasteiger partial charge is 0.482 e. The van der Waals surface area contributed by atoms with Gasteiger partial charge in [0, 0.05) is 16.6 Å². The number of benzene rings is 2. The zero-order valence-corrected chi connectivity index (χ0v) is 17.9. The molecule has 2 heterocycles. The van der Waals surface area contributed by atoms with Gasteiger partial charge in [-0.2, -0.15) is 0 Å². The highest BCUT2D eigenvalue weighted by Crippen LogP contribution is 2.35. The second-order valence-corrected chi connectivity index (χ2v) is 9.47. The molecule has 0 saturated carbocycles. The summed E-state index contributed by atoms with van der Waals surface area (Å²) in [6.07, 6.45) is 0. The van der Waals surface area contributed by atoms with Crippen molar-refractivity contribution in [2.75, 3.05) is 22.8 Å². The minimum absolute atomic E-state index is 0.0909. The third-order valence-electron chi connectivity index (χ3n) is 4.51. The van der Waals surface area contributed by atoms with Crippen LogP contribution in [0.25, 0.3) is 11.3 Å². The van der Waals surface area contributed by atoms with E-state index in [9.17, 15) is 18.0 Å². The summed E-state index contributed by atoms with van der Waals surface area (Å²) >= 11 is 1.50. The number of aryl methyl sites for hydroxylation is 1. The fourth-order valence-corrected chi connectivity index (χ4v) is 4.80. The third-order valence-corrected chi connectivity index (χ3v) is 6.66. The topological polar surface area (TPSA) is 126 Å². The maximum absolute atomic E-state index is 13.0. The smallest absolute Gasteiger partial charge is 0.323 e. The molecule has 0 unspecified atom stereocenters. The Labute approximate surface area is 182 Å². The lowest BCUT2D eigenvalue weighted by Gasteiger charge is -2.28. The van der Waals surface area contributed by atoms with Gasteiger partial charge in [-0.1, -0.05) is 12.1 Å². The van der Waals surface area contributed by atoms with E-state index in [0.29, 0.717) is 5.69 Å². The lowest BCUT2D eigenvalue weighted by molar-refractivity contribution is -0.137. The van der Waals surface area contributed by atoms with E-state index in [2.05, 4.69) is 9.71 Å². The number of carboxylic acid groups (broad SMARTS) is 1. The van der Waals surface area contributed by atoms with Crippen LogP contribution >= 0.6 is 11.3 Å². The van der Waals surface area contributed by atoms with Crippen LogP contribution in [0, 0.1) is 6.92 Å². The third kappa shape index (κ3) is 4.37. The Morgan fingerprint density at radius 3 is 2.81 bits per heavy atom. The molecular weight excluding hydrogens is 442 g/mol. The fourth-order valence-electron chi connectivity index (χ4n) is 3.11. The molecule has 31 heavy (non-hydrogen) atoms. The molecule has 11 heteroatoms. The second kappa shape index (κ2) is 8.00. The van der Waals surface area contributed by atoms with Gasteiger partial charge in [-0.3, -0.25) is 19.2 Å². The molecule has 160 valence electrons. The van der Waals surface area contributed by atoms with E-state index in [4.69, 9.17) is 9.84 Å². The van der Waals surface area contributed by atoms with Gasteiger partial charge in [0.2, 0.25) is 0 Å². The number of aromatic nitrogens is 1. The van der Waals surface area contributed by atoms with Gasteiger partial charge in [-0.25, -0.2) is 13.4 Å². The summed E-state index contributed by atoms with van der Waals surface area (Å²) in [5, 5.41) is 11.9. The van der Waals surface area contributed by atoms with Crippen LogP contribution in [-0.4, -0.2) is 43.5 Å². The number of ether oxygens (including phenoxy) is 1. The van der Waals surface area contributed by atoms with Gasteiger partial charge in [0.15, 0.2) is 6.61 Å². The number of fused-ring (bicyclic) bond motifs is 1. The first-order valence-corrected chi connectivity index (χ1v) is 11.4. The van der Waals surface area contributed by atoms with Crippen LogP contribution in [0.3, 0.4) is 0 Å². The monoisotopic (exact) mass is 459 g/mol. The molecule has 4 rings (SSSR count). The average molecular weight is 460 g/mol. The van der Waals surface area contributed by atoms with E-state index in [1.807, 2.05) is 18.4 Å². The van der Waals surface area contributed by atoms with Crippen molar-refractivity contribution in [3.63, 3.8) is 0 Å². The van der Waals surface area contributed by atoms with Gasteiger partial charge in [0.05, 0.1) is 21.3 Å². The SMILES string of the molecule is Cc1nc(-c2cccc(NS(=O)(=O)c3ccc4c(c3)N(CC(=O)O)C(=O)CO4)c2)cs1. The number of amides is 1. The Bertz CT molecular complexity index is 1290. The molecule has 2 N–H and O–H groups in total. The number of sulfonamides is 1. The first kappa shape index (κ1) is 20.8. The summed E-state index contributed by atoms with van der Waals surface area (Å²) in [4.78, 5) is 28.5. The van der Waals surface area contributed by atoms with Crippen molar-refractivity contribution >= 4 is 44.6 Å². The zero-order valence-electron chi connectivity index (χ0n) is 16.2. The van der Waals surface area contributed by atoms with Gasteiger partial charge >= 0.3 is 5.97 Å². The predicted octanol–water partition coefficient (Wildman–Crippen LogP) is 2.73. The van der Waals surface area contributed by atoms with Crippen molar-refractivity contribution in [3.8, 4) is 17.0 Å². The van der Waals surface area contributed by atoms with Crippen LogP contribution in [0.4, 0.5) is 11.4 Å². The van der Waals surface area contributed by atoms with Crippen molar-refractivity contribution in [1.29, 1.82) is 0 Å². The molecular formula is C20H17N3O6S2. The van der Waals surface area contributed by atoms with Gasteiger partial charge in [0.25, 0.3) is 15.9 Å². The molecule has 0 atom stereocenters. The minimum Gasteiger partial charge on any atom is -0.482 e. The van der Waals surface area contributed by atoms with Gasteiger partial charge in [-0.05, 0) is 37.3 Å². The Morgan fingerprint density at radius 1 is 1.29 bits per heavy atom. The van der Waals surface area contributed by atoms with Gasteiger partial charge in [-0.15, -0.1) is 11.3 Å². The molecule has 1 aliphatic heterocycles. The number of thiazole rings is 1. The summed E-state index contributed by atoms with van der Waals surface area (Å²) in [5.41, 5.74) is 1.95. The van der Waals surface area contributed by atoms with Crippen LogP contribution in [0.2, 0.25) is 0 Å². The number of aliphatic carboxylic acids is 1. The van der Waals surface area contributed by atoms with E-state index >= 15 is 0 Å². The highest BCUT2D eigenvalue weighted by Gasteiger charge is 2.29. The molecule has 3 aromatic rings. The zero-order chi connectivity index (χ0) is 22.2. The summed E-state index contributed by atoms with van der Waals surface area (Å²) < 4.78 is 33.7. The van der Waals surface area contributed by atoms with Crippen LogP contribution in [0.5, 0.6) is 5.75 Å². The normalized spacial score (nSPS) is 13.5. The van der Waals surface area contributed by atoms with E-state index in [0.717, 1.165) is 21.2 Å². The lowest BCUT2D eigenvalue weighted by Crippen LogP contribution is -2.42. The maximum Gasteiger partial charge on any atom is 0.323 e. The van der Waals surface area contributed by atoms with Crippen LogP contribution in [0.15, 0.2) is 52.7 Å². The second-order valence-electron chi connectivity index (χ2n) is 6.73. The number of hydrogen-bond acceptors (Lipinski definition) is 7. The van der Waals surface area contributed by atoms with Gasteiger partial charge in [0.1, 0.15) is 12.3 Å². The molecule has 0 radical (unpaired) electrons. The molecule has 0 spiro atoms. The number of nitrogens with one attached hydrogen (secondary N) is 1. The molecule has 1 aliphatic rings. The molecule has 0 fully saturated rings. The first-order valence-electron chi connectivity index (χ1n) is 9.07. The standard InChI is InChI=1S/C20H17N3O6S2/c1-12-21-16(11-30-12)13-3-2-4-14(7-13)22-31(27,28)15-5-6-18-17(8-15)23(9-20(25)26)19(24)10-29-18/h2-8,11,22H,9-10H2,1H3,(H,25,26). The fraction of sp³-hybridized carbons (Fsp3) is 0.150. The van der Waals surface area contributed by atoms with Crippen LogP contribution in [-0.2, 0) is 19.6 Å². The van der Waals surface area contributed by atoms with Crippen LogP contribution < -0.4 is 14.4 Å². The summed E-state index contributed by atoms with van der Waals surface area (Å²) in [6.45, 7) is 0.980. The number of hydrogen-bond donors (Lipinski definition) is 2. The molecule has 9 nitrogen and oxygen atoms in total. The van der Waals surface area contributed by atoms with E-state index in [1.54, 1.807) is 18.2 Å². The Morgan fingerprint density at radius 2 is 2.10 bits per heavy atom. The van der Waals surface area contributed by atoms with E-state index in [1.165, 1.54) is 29.5 Å². The average Bonchev–Trinajstić information content (AvgIpc) is 3.16. The van der Waals surface area contributed by atoms with E-state index in [-0.39, 0.29) is 22.9 Å². The van der Waals surface area contributed by atoms with E-state index < -0.39 is 28.4 Å². The molecule has 1 amide bonds. The number of nitrogens with zero attached hydrogens (tertiary/aromatic N) is 2. The minimum atomic E-state index is -4.02.